The number of hydrogen-bond acceptors (Lipinski definition) is 8. The number of esters is 1. The molecule has 196 valence electrons. The minimum Gasteiger partial charge on any atom is -0.462 e. The predicted octanol–water partition coefficient (Wildman–Crippen LogP) is 1.38. The van der Waals surface area contributed by atoms with E-state index >= 15 is 0 Å². The number of aliphatic hydroxyl groups excluding tert-OH is 2. The summed E-state index contributed by atoms with van der Waals surface area (Å²) in [5.74, 6) is -0.489. The van der Waals surface area contributed by atoms with Crippen molar-refractivity contribution in [1.82, 2.24) is 24.3 Å². The summed E-state index contributed by atoms with van der Waals surface area (Å²) in [6.07, 6.45) is 8.23. The van der Waals surface area contributed by atoms with Gasteiger partial charge >= 0.3 is 5.97 Å². The summed E-state index contributed by atoms with van der Waals surface area (Å²) in [7, 11) is 1.81. The van der Waals surface area contributed by atoms with Crippen LogP contribution in [0.5, 0.6) is 0 Å². The molecule has 2 N–H and O–H groups in total. The topological polar surface area (TPSA) is 121 Å². The quantitative estimate of drug-likeness (QED) is 0.608. The Bertz CT molecular complexity index is 1010. The first-order valence-electron chi connectivity index (χ1n) is 12.8. The fourth-order valence-corrected chi connectivity index (χ4v) is 5.11. The summed E-state index contributed by atoms with van der Waals surface area (Å²) < 4.78 is 7.28. The number of carbonyl (C=O) groups excluding carboxylic acids is 2. The van der Waals surface area contributed by atoms with E-state index in [0.29, 0.717) is 31.5 Å². The van der Waals surface area contributed by atoms with Crippen LogP contribution >= 0.6 is 0 Å². The van der Waals surface area contributed by atoms with Crippen LogP contribution in [-0.2, 0) is 23.1 Å². The number of likely N-dealkylation sites (tertiary alicyclic amines) is 1. The van der Waals surface area contributed by atoms with Crippen LogP contribution in [0, 0.1) is 5.41 Å². The second kappa shape index (κ2) is 11.9. The van der Waals surface area contributed by atoms with Crippen molar-refractivity contribution in [3.8, 4) is 0 Å². The number of hydrogen-bond donors (Lipinski definition) is 2. The summed E-state index contributed by atoms with van der Waals surface area (Å²) >= 11 is 0. The zero-order chi connectivity index (χ0) is 25.5. The van der Waals surface area contributed by atoms with Crippen LogP contribution in [0.3, 0.4) is 0 Å². The molecule has 2 atom stereocenters. The Labute approximate surface area is 211 Å². The summed E-state index contributed by atoms with van der Waals surface area (Å²) in [6.45, 7) is 2.88. The third-order valence-corrected chi connectivity index (χ3v) is 7.47. The lowest BCUT2D eigenvalue weighted by atomic mass is 9.74. The van der Waals surface area contributed by atoms with E-state index in [0.717, 1.165) is 32.5 Å². The molecule has 36 heavy (non-hydrogen) atoms. The fourth-order valence-electron chi connectivity index (χ4n) is 5.11. The molecule has 0 saturated carbocycles. The number of carbonyl (C=O) groups is 2. The molecule has 2 aromatic rings. The second-order valence-corrected chi connectivity index (χ2v) is 10.1. The Hall–Kier alpha value is -2.82. The molecule has 10 nitrogen and oxygen atoms in total. The highest BCUT2D eigenvalue weighted by molar-refractivity contribution is 5.92. The SMILES string of the molecule is Cn1cnc(C(=O)N2CCCCC3(CCN(Cc4ccncc4)CC3)C(=O)OC[C@@H](O)[C@@H](O)CC2)c1. The maximum Gasteiger partial charge on any atom is 0.312 e. The summed E-state index contributed by atoms with van der Waals surface area (Å²) in [6, 6.07) is 4.00. The lowest BCUT2D eigenvalue weighted by molar-refractivity contribution is -0.165. The first kappa shape index (κ1) is 26.2. The average Bonchev–Trinajstić information content (AvgIpc) is 3.33. The van der Waals surface area contributed by atoms with Crippen LogP contribution in [0.15, 0.2) is 37.1 Å². The number of nitrogens with zero attached hydrogens (tertiary/aromatic N) is 5. The van der Waals surface area contributed by atoms with E-state index in [1.807, 2.05) is 19.2 Å². The number of aryl methyl sites for hydroxylation is 1. The third-order valence-electron chi connectivity index (χ3n) is 7.47. The number of amides is 1. The van der Waals surface area contributed by atoms with Crippen molar-refractivity contribution in [2.24, 2.45) is 12.5 Å². The molecule has 0 aliphatic carbocycles. The van der Waals surface area contributed by atoms with E-state index in [1.165, 1.54) is 5.56 Å². The molecule has 2 saturated heterocycles. The highest BCUT2D eigenvalue weighted by Crippen LogP contribution is 2.38. The van der Waals surface area contributed by atoms with Crippen LogP contribution in [0.2, 0.25) is 0 Å². The largest absolute Gasteiger partial charge is 0.462 e. The molecule has 2 aliphatic rings. The Balaban J connectivity index is 1.42. The van der Waals surface area contributed by atoms with Gasteiger partial charge in [0.2, 0.25) is 0 Å². The van der Waals surface area contributed by atoms with Gasteiger partial charge in [0, 0.05) is 45.3 Å². The predicted molar refractivity (Wildman–Crippen MR) is 132 cm³/mol. The van der Waals surface area contributed by atoms with Gasteiger partial charge in [0.1, 0.15) is 18.4 Å². The molecular weight excluding hydrogens is 462 g/mol. The molecule has 1 amide bonds. The molecule has 4 heterocycles. The number of piperidine rings is 1. The molecule has 10 heteroatoms. The van der Waals surface area contributed by atoms with Crippen LogP contribution < -0.4 is 0 Å². The molecular formula is C26H37N5O5. The van der Waals surface area contributed by atoms with Crippen molar-refractivity contribution in [1.29, 1.82) is 0 Å². The van der Waals surface area contributed by atoms with Crippen LogP contribution in [-0.4, -0.2) is 91.4 Å². The van der Waals surface area contributed by atoms with Crippen molar-refractivity contribution in [3.63, 3.8) is 0 Å². The van der Waals surface area contributed by atoms with Crippen molar-refractivity contribution in [3.05, 3.63) is 48.3 Å². The molecule has 2 aliphatic heterocycles. The highest BCUT2D eigenvalue weighted by atomic mass is 16.5. The molecule has 4 rings (SSSR count). The van der Waals surface area contributed by atoms with Gasteiger partial charge in [-0.3, -0.25) is 19.5 Å². The lowest BCUT2D eigenvalue weighted by Gasteiger charge is -2.40. The minimum atomic E-state index is -1.20. The van der Waals surface area contributed by atoms with Gasteiger partial charge in [0.25, 0.3) is 5.91 Å². The van der Waals surface area contributed by atoms with Gasteiger partial charge in [0.15, 0.2) is 0 Å². The highest BCUT2D eigenvalue weighted by Gasteiger charge is 2.42. The number of imidazole rings is 1. The number of ether oxygens (including phenoxy) is 1. The molecule has 2 aromatic heterocycles. The normalized spacial score (nSPS) is 24.4. The standard InChI is InChI=1S/C26H37N5O5/c1-29-17-21(28-19-29)24(34)31-12-3-2-7-26(25(35)36-18-23(33)22(32)6-13-31)8-14-30(15-9-26)16-20-4-10-27-11-5-20/h4-5,10-11,17,19,22-23,32-33H,2-3,6-9,12-16,18H2,1H3/t22-,23+/m0/s1. The van der Waals surface area contributed by atoms with Crippen LogP contribution in [0.1, 0.15) is 54.6 Å². The third kappa shape index (κ3) is 6.48. The lowest BCUT2D eigenvalue weighted by Crippen LogP contribution is -2.45. The number of aliphatic hydroxyl groups is 2. The van der Waals surface area contributed by atoms with E-state index in [2.05, 4.69) is 14.9 Å². The van der Waals surface area contributed by atoms with Gasteiger partial charge in [-0.25, -0.2) is 4.98 Å². The zero-order valence-corrected chi connectivity index (χ0v) is 21.0. The average molecular weight is 500 g/mol. The maximum absolute atomic E-state index is 13.3. The van der Waals surface area contributed by atoms with Gasteiger partial charge in [-0.1, -0.05) is 6.42 Å². The van der Waals surface area contributed by atoms with Crippen molar-refractivity contribution < 1.29 is 24.5 Å². The van der Waals surface area contributed by atoms with Gasteiger partial charge in [-0.15, -0.1) is 0 Å². The molecule has 2 fully saturated rings. The van der Waals surface area contributed by atoms with Gasteiger partial charge in [-0.2, -0.15) is 0 Å². The number of cyclic esters (lactones) is 1. The summed E-state index contributed by atoms with van der Waals surface area (Å²) in [4.78, 5) is 38.6. The Morgan fingerprint density at radius 1 is 1.08 bits per heavy atom. The zero-order valence-electron chi connectivity index (χ0n) is 21.0. The van der Waals surface area contributed by atoms with Crippen LogP contribution in [0.25, 0.3) is 0 Å². The Morgan fingerprint density at radius 2 is 1.83 bits per heavy atom. The number of aromatic nitrogens is 3. The van der Waals surface area contributed by atoms with E-state index in [-0.39, 0.29) is 31.4 Å². The van der Waals surface area contributed by atoms with E-state index in [9.17, 15) is 19.8 Å². The van der Waals surface area contributed by atoms with E-state index in [1.54, 1.807) is 34.4 Å². The van der Waals surface area contributed by atoms with E-state index in [4.69, 9.17) is 4.74 Å². The van der Waals surface area contributed by atoms with Gasteiger partial charge in [-0.05, 0) is 62.9 Å². The minimum absolute atomic E-state index is 0.187. The van der Waals surface area contributed by atoms with E-state index < -0.39 is 17.6 Å². The van der Waals surface area contributed by atoms with Crippen molar-refractivity contribution in [2.45, 2.75) is 57.3 Å². The Morgan fingerprint density at radius 3 is 2.53 bits per heavy atom. The number of rotatable bonds is 3. The summed E-state index contributed by atoms with van der Waals surface area (Å²) in [5, 5.41) is 20.9. The molecule has 0 radical (unpaired) electrons. The smallest absolute Gasteiger partial charge is 0.312 e. The van der Waals surface area contributed by atoms with Crippen molar-refractivity contribution in [2.75, 3.05) is 32.8 Å². The molecule has 0 bridgehead atoms. The molecule has 0 unspecified atom stereocenters. The van der Waals surface area contributed by atoms with Gasteiger partial charge in [0.05, 0.1) is 17.8 Å². The molecule has 1 spiro atoms. The second-order valence-electron chi connectivity index (χ2n) is 10.1. The maximum atomic E-state index is 13.3. The van der Waals surface area contributed by atoms with Gasteiger partial charge < -0.3 is 24.4 Å². The first-order chi connectivity index (χ1) is 17.4. The Kier molecular flexibility index (Phi) is 8.71. The number of pyridine rings is 1. The molecule has 0 aromatic carbocycles. The van der Waals surface area contributed by atoms with Crippen LogP contribution in [0.4, 0.5) is 0 Å². The fraction of sp³-hybridized carbons (Fsp3) is 0.615. The summed E-state index contributed by atoms with van der Waals surface area (Å²) in [5.41, 5.74) is 0.921. The van der Waals surface area contributed by atoms with Crippen molar-refractivity contribution >= 4 is 11.9 Å². The monoisotopic (exact) mass is 499 g/mol. The first-order valence-corrected chi connectivity index (χ1v) is 12.8.